The fourth-order valence-electron chi connectivity index (χ4n) is 3.48. The molecule has 3 atom stereocenters. The van der Waals surface area contributed by atoms with E-state index in [0.717, 1.165) is 37.9 Å². The summed E-state index contributed by atoms with van der Waals surface area (Å²) in [6.07, 6.45) is 3.21. The molecule has 0 aliphatic carbocycles. The van der Waals surface area contributed by atoms with Crippen LogP contribution < -0.4 is 5.32 Å². The minimum atomic E-state index is -0.275. The van der Waals surface area contributed by atoms with Crippen LogP contribution in [0.25, 0.3) is 0 Å². The second-order valence-electron chi connectivity index (χ2n) is 5.90. The standard InChI is InChI=1S/C16H21FN2O.ClH/c1-11(12-3-2-4-13(17)9-12)16(20)19-14-5-6-15(19)10-18-8-7-14;/h2-4,9,11,14-15,18H,5-8,10H2,1H3;1H. The summed E-state index contributed by atoms with van der Waals surface area (Å²) in [7, 11) is 0. The molecule has 3 nitrogen and oxygen atoms in total. The van der Waals surface area contributed by atoms with Gasteiger partial charge < -0.3 is 10.2 Å². The van der Waals surface area contributed by atoms with Gasteiger partial charge in [-0.2, -0.15) is 0 Å². The molecular formula is C16H22ClFN2O. The Hall–Kier alpha value is -1.13. The summed E-state index contributed by atoms with van der Waals surface area (Å²) in [4.78, 5) is 14.9. The van der Waals surface area contributed by atoms with Crippen LogP contribution in [0.4, 0.5) is 4.39 Å². The molecular weight excluding hydrogens is 291 g/mol. The minimum absolute atomic E-state index is 0. The zero-order valence-electron chi connectivity index (χ0n) is 12.2. The highest BCUT2D eigenvalue weighted by Gasteiger charge is 2.39. The monoisotopic (exact) mass is 312 g/mol. The number of halogens is 2. The lowest BCUT2D eigenvalue weighted by molar-refractivity contribution is -0.135. The van der Waals surface area contributed by atoms with E-state index in [1.807, 2.05) is 13.0 Å². The van der Waals surface area contributed by atoms with E-state index in [9.17, 15) is 9.18 Å². The zero-order chi connectivity index (χ0) is 14.1. The second-order valence-corrected chi connectivity index (χ2v) is 5.90. The Kier molecular flexibility index (Phi) is 5.22. The molecule has 2 aliphatic rings. The van der Waals surface area contributed by atoms with Crippen molar-refractivity contribution in [3.8, 4) is 0 Å². The molecule has 2 heterocycles. The van der Waals surface area contributed by atoms with Crippen LogP contribution >= 0.6 is 12.4 Å². The van der Waals surface area contributed by atoms with Crippen molar-refractivity contribution in [1.82, 2.24) is 10.2 Å². The first-order valence-corrected chi connectivity index (χ1v) is 7.45. The fourth-order valence-corrected chi connectivity index (χ4v) is 3.48. The molecule has 0 radical (unpaired) electrons. The third-order valence-electron chi connectivity index (χ3n) is 4.63. The largest absolute Gasteiger partial charge is 0.335 e. The fraction of sp³-hybridized carbons (Fsp3) is 0.562. The maximum absolute atomic E-state index is 13.3. The van der Waals surface area contributed by atoms with Crippen molar-refractivity contribution < 1.29 is 9.18 Å². The second kappa shape index (κ2) is 6.75. The molecule has 1 aromatic rings. The zero-order valence-corrected chi connectivity index (χ0v) is 13.0. The molecule has 2 saturated heterocycles. The first-order chi connectivity index (χ1) is 9.66. The van der Waals surface area contributed by atoms with Gasteiger partial charge in [0.1, 0.15) is 5.82 Å². The van der Waals surface area contributed by atoms with Crippen molar-refractivity contribution in [1.29, 1.82) is 0 Å². The number of nitrogens with one attached hydrogen (secondary N) is 1. The van der Waals surface area contributed by atoms with Gasteiger partial charge in [0, 0.05) is 18.6 Å². The summed E-state index contributed by atoms with van der Waals surface area (Å²) in [6.45, 7) is 3.76. The molecule has 21 heavy (non-hydrogen) atoms. The number of hydrogen-bond donors (Lipinski definition) is 1. The lowest BCUT2D eigenvalue weighted by Crippen LogP contribution is -2.44. The van der Waals surface area contributed by atoms with Gasteiger partial charge in [0.25, 0.3) is 0 Å². The molecule has 0 spiro atoms. The summed E-state index contributed by atoms with van der Waals surface area (Å²) in [5.41, 5.74) is 0.770. The summed E-state index contributed by atoms with van der Waals surface area (Å²) in [6, 6.07) is 7.07. The molecule has 1 aromatic carbocycles. The summed E-state index contributed by atoms with van der Waals surface area (Å²) < 4.78 is 13.3. The number of carbonyl (C=O) groups excluding carboxylic acids is 1. The number of amides is 1. The third kappa shape index (κ3) is 3.22. The van der Waals surface area contributed by atoms with E-state index in [2.05, 4.69) is 10.2 Å². The molecule has 0 saturated carbocycles. The minimum Gasteiger partial charge on any atom is -0.335 e. The van der Waals surface area contributed by atoms with Crippen LogP contribution in [0.1, 0.15) is 37.7 Å². The number of carbonyl (C=O) groups is 1. The maximum atomic E-state index is 13.3. The van der Waals surface area contributed by atoms with E-state index in [1.165, 1.54) is 12.1 Å². The van der Waals surface area contributed by atoms with Gasteiger partial charge in [0.15, 0.2) is 0 Å². The van der Waals surface area contributed by atoms with E-state index in [-0.39, 0.29) is 30.0 Å². The lowest BCUT2D eigenvalue weighted by Gasteiger charge is -2.30. The highest BCUT2D eigenvalue weighted by atomic mass is 35.5. The normalized spacial score (nSPS) is 25.9. The molecule has 2 aliphatic heterocycles. The van der Waals surface area contributed by atoms with Gasteiger partial charge in [-0.05, 0) is 50.4 Å². The van der Waals surface area contributed by atoms with Gasteiger partial charge in [0.05, 0.1) is 5.92 Å². The van der Waals surface area contributed by atoms with Crippen LogP contribution in [0, 0.1) is 5.82 Å². The molecule has 116 valence electrons. The Morgan fingerprint density at radius 1 is 1.33 bits per heavy atom. The predicted octanol–water partition coefficient (Wildman–Crippen LogP) is 2.70. The number of nitrogens with zero attached hydrogens (tertiary/aromatic N) is 1. The first-order valence-electron chi connectivity index (χ1n) is 7.45. The average molecular weight is 313 g/mol. The molecule has 2 fully saturated rings. The summed E-state index contributed by atoms with van der Waals surface area (Å²) in [5, 5.41) is 3.40. The Morgan fingerprint density at radius 3 is 2.86 bits per heavy atom. The Balaban J connectivity index is 0.00000161. The van der Waals surface area contributed by atoms with Gasteiger partial charge in [-0.25, -0.2) is 4.39 Å². The highest BCUT2D eigenvalue weighted by Crippen LogP contribution is 2.31. The van der Waals surface area contributed by atoms with E-state index in [1.54, 1.807) is 6.07 Å². The lowest BCUT2D eigenvalue weighted by atomic mass is 9.98. The molecule has 0 aromatic heterocycles. The predicted molar refractivity (Wildman–Crippen MR) is 83.2 cm³/mol. The van der Waals surface area contributed by atoms with E-state index in [4.69, 9.17) is 0 Å². The number of fused-ring (bicyclic) bond motifs is 2. The number of benzene rings is 1. The van der Waals surface area contributed by atoms with E-state index in [0.29, 0.717) is 12.1 Å². The van der Waals surface area contributed by atoms with Crippen LogP contribution in [-0.2, 0) is 4.79 Å². The van der Waals surface area contributed by atoms with Crippen molar-refractivity contribution in [3.63, 3.8) is 0 Å². The van der Waals surface area contributed by atoms with Crippen molar-refractivity contribution in [2.75, 3.05) is 13.1 Å². The first kappa shape index (κ1) is 16.2. The summed E-state index contributed by atoms with van der Waals surface area (Å²) in [5.74, 6) is -0.402. The number of rotatable bonds is 2. The third-order valence-corrected chi connectivity index (χ3v) is 4.63. The molecule has 5 heteroatoms. The summed E-state index contributed by atoms with van der Waals surface area (Å²) >= 11 is 0. The smallest absolute Gasteiger partial charge is 0.230 e. The van der Waals surface area contributed by atoms with Crippen molar-refractivity contribution in [2.24, 2.45) is 0 Å². The van der Waals surface area contributed by atoms with E-state index < -0.39 is 0 Å². The number of hydrogen-bond acceptors (Lipinski definition) is 2. The van der Waals surface area contributed by atoms with Crippen LogP contribution in [0.2, 0.25) is 0 Å². The average Bonchev–Trinajstić information content (AvgIpc) is 2.70. The van der Waals surface area contributed by atoms with Gasteiger partial charge in [0.2, 0.25) is 5.91 Å². The topological polar surface area (TPSA) is 32.3 Å². The van der Waals surface area contributed by atoms with Crippen molar-refractivity contribution >= 4 is 18.3 Å². The molecule has 3 unspecified atom stereocenters. The SMILES string of the molecule is CC(C(=O)N1C2CCNCC1CC2)c1cccc(F)c1.Cl. The van der Waals surface area contributed by atoms with Crippen LogP contribution in [0.15, 0.2) is 24.3 Å². The molecule has 1 amide bonds. The Bertz CT molecular complexity index is 497. The van der Waals surface area contributed by atoms with Gasteiger partial charge in [-0.15, -0.1) is 12.4 Å². The molecule has 2 bridgehead atoms. The molecule has 1 N–H and O–H groups in total. The van der Waals surface area contributed by atoms with Crippen molar-refractivity contribution in [2.45, 2.75) is 44.2 Å². The van der Waals surface area contributed by atoms with Crippen LogP contribution in [0.3, 0.4) is 0 Å². The highest BCUT2D eigenvalue weighted by molar-refractivity contribution is 5.85. The molecule has 3 rings (SSSR count). The Labute approximate surface area is 131 Å². The van der Waals surface area contributed by atoms with Crippen molar-refractivity contribution in [3.05, 3.63) is 35.6 Å². The van der Waals surface area contributed by atoms with Gasteiger partial charge in [-0.1, -0.05) is 12.1 Å². The van der Waals surface area contributed by atoms with Gasteiger partial charge >= 0.3 is 0 Å². The quantitative estimate of drug-likeness (QED) is 0.910. The Morgan fingerprint density at radius 2 is 2.10 bits per heavy atom. The van der Waals surface area contributed by atoms with Crippen LogP contribution in [0.5, 0.6) is 0 Å². The van der Waals surface area contributed by atoms with E-state index >= 15 is 0 Å². The maximum Gasteiger partial charge on any atom is 0.230 e. The van der Waals surface area contributed by atoms with Crippen LogP contribution in [-0.4, -0.2) is 36.0 Å². The van der Waals surface area contributed by atoms with Gasteiger partial charge in [-0.3, -0.25) is 4.79 Å².